The smallest absolute Gasteiger partial charge is 0.162 e. The molecule has 4 saturated carbocycles. The highest BCUT2D eigenvalue weighted by Crippen LogP contribution is 2.68. The van der Waals surface area contributed by atoms with E-state index in [1.54, 1.807) is 0 Å². The van der Waals surface area contributed by atoms with E-state index in [9.17, 15) is 10.2 Å². The maximum atomic E-state index is 10.8. The number of hydrogen-bond acceptors (Lipinski definition) is 5. The van der Waals surface area contributed by atoms with E-state index in [0.29, 0.717) is 30.2 Å². The minimum Gasteiger partial charge on any atom is -0.366 e. The summed E-state index contributed by atoms with van der Waals surface area (Å²) in [7, 11) is 0. The van der Waals surface area contributed by atoms with Crippen LogP contribution in [-0.4, -0.2) is 48.2 Å². The summed E-state index contributed by atoms with van der Waals surface area (Å²) in [5, 5.41) is 29.0. The van der Waals surface area contributed by atoms with E-state index < -0.39 is 5.79 Å². The molecule has 5 nitrogen and oxygen atoms in total. The highest BCUT2D eigenvalue weighted by atomic mass is 16.5. The lowest BCUT2D eigenvalue weighted by Crippen LogP contribution is -2.62. The summed E-state index contributed by atoms with van der Waals surface area (Å²) < 4.78 is 0. The lowest BCUT2D eigenvalue weighted by molar-refractivity contribution is -0.238. The van der Waals surface area contributed by atoms with E-state index in [0.717, 1.165) is 74.5 Å². The number of unbranched alkanes of at least 4 members (excludes halogenated alkanes) is 1. The number of fused-ring (bicyclic) bond motifs is 5. The lowest BCUT2D eigenvalue weighted by Gasteiger charge is -2.64. The molecular formula is C34H65N3O2. The van der Waals surface area contributed by atoms with Crippen LogP contribution in [0.3, 0.4) is 0 Å². The van der Waals surface area contributed by atoms with Gasteiger partial charge in [-0.15, -0.1) is 0 Å². The van der Waals surface area contributed by atoms with Crippen molar-refractivity contribution in [2.75, 3.05) is 26.2 Å². The van der Waals surface area contributed by atoms with Crippen molar-refractivity contribution in [1.82, 2.24) is 10.6 Å². The second kappa shape index (κ2) is 13.4. The van der Waals surface area contributed by atoms with Crippen LogP contribution in [0.25, 0.3) is 0 Å². The molecule has 5 heteroatoms. The first-order chi connectivity index (χ1) is 18.5. The van der Waals surface area contributed by atoms with Gasteiger partial charge in [0, 0.05) is 18.9 Å². The Hall–Kier alpha value is -0.200. The monoisotopic (exact) mass is 548 g/mol. The molecule has 0 amide bonds. The second-order valence-electron chi connectivity index (χ2n) is 15.6. The predicted octanol–water partition coefficient (Wildman–Crippen LogP) is 6.08. The molecule has 0 bridgehead atoms. The molecule has 4 fully saturated rings. The van der Waals surface area contributed by atoms with Gasteiger partial charge in [-0.1, -0.05) is 53.9 Å². The third-order valence-corrected chi connectivity index (χ3v) is 12.7. The van der Waals surface area contributed by atoms with E-state index in [1.165, 1.54) is 64.2 Å². The van der Waals surface area contributed by atoms with Crippen molar-refractivity contribution < 1.29 is 10.2 Å². The van der Waals surface area contributed by atoms with Crippen LogP contribution >= 0.6 is 0 Å². The molecule has 0 heterocycles. The van der Waals surface area contributed by atoms with Crippen LogP contribution in [0.2, 0.25) is 0 Å². The van der Waals surface area contributed by atoms with Crippen LogP contribution in [0.5, 0.6) is 0 Å². The van der Waals surface area contributed by atoms with Crippen LogP contribution in [0.15, 0.2) is 0 Å². The average Bonchev–Trinajstić information content (AvgIpc) is 3.23. The fourth-order valence-corrected chi connectivity index (χ4v) is 10.6. The van der Waals surface area contributed by atoms with Gasteiger partial charge >= 0.3 is 0 Å². The molecule has 0 aromatic rings. The van der Waals surface area contributed by atoms with Gasteiger partial charge < -0.3 is 26.6 Å². The summed E-state index contributed by atoms with van der Waals surface area (Å²) >= 11 is 0. The lowest BCUT2D eigenvalue weighted by atomic mass is 9.43. The number of rotatable bonds is 14. The summed E-state index contributed by atoms with van der Waals surface area (Å²) in [6.45, 7) is 16.4. The zero-order valence-corrected chi connectivity index (χ0v) is 26.3. The van der Waals surface area contributed by atoms with Crippen LogP contribution < -0.4 is 16.4 Å². The summed E-state index contributed by atoms with van der Waals surface area (Å²) in [6.07, 6.45) is 16.4. The molecular weight excluding hydrogens is 482 g/mol. The number of nitrogens with two attached hydrogens (primary N) is 1. The topological polar surface area (TPSA) is 90.5 Å². The van der Waals surface area contributed by atoms with E-state index in [4.69, 9.17) is 5.73 Å². The van der Waals surface area contributed by atoms with Crippen molar-refractivity contribution in [2.24, 2.45) is 58.0 Å². The Kier molecular flexibility index (Phi) is 10.9. The molecule has 9 atom stereocenters. The quantitative estimate of drug-likeness (QED) is 0.134. The Balaban J connectivity index is 1.43. The Labute approximate surface area is 241 Å². The number of aliphatic hydroxyl groups is 2. The molecule has 0 aromatic heterocycles. The van der Waals surface area contributed by atoms with Gasteiger partial charge in [0.1, 0.15) is 0 Å². The summed E-state index contributed by atoms with van der Waals surface area (Å²) in [5.74, 6) is 3.80. The summed E-state index contributed by atoms with van der Waals surface area (Å²) in [4.78, 5) is 0. The Morgan fingerprint density at radius 3 is 2.26 bits per heavy atom. The largest absolute Gasteiger partial charge is 0.366 e. The van der Waals surface area contributed by atoms with Gasteiger partial charge in [-0.25, -0.2) is 0 Å². The molecule has 0 spiro atoms. The van der Waals surface area contributed by atoms with Gasteiger partial charge in [-0.3, -0.25) is 0 Å². The third-order valence-electron chi connectivity index (χ3n) is 12.7. The first-order valence-corrected chi connectivity index (χ1v) is 17.1. The van der Waals surface area contributed by atoms with Crippen molar-refractivity contribution in [3.05, 3.63) is 0 Å². The Morgan fingerprint density at radius 1 is 0.795 bits per heavy atom. The zero-order valence-electron chi connectivity index (χ0n) is 26.3. The SMILES string of the molecule is CC(C)CCC[C@@H](C)[C@H]1CC[C@H]2[C@@H]3C[C@@H](NCCCCNCCCN)C4CC(O)(O)CC[C@]4(C)[C@H]3CC[C@]12C. The van der Waals surface area contributed by atoms with Gasteiger partial charge in [-0.05, 0) is 136 Å². The van der Waals surface area contributed by atoms with E-state index in [-0.39, 0.29) is 5.41 Å². The molecule has 4 aliphatic carbocycles. The zero-order chi connectivity index (χ0) is 28.3. The van der Waals surface area contributed by atoms with Gasteiger partial charge in [0.15, 0.2) is 5.79 Å². The molecule has 0 radical (unpaired) electrons. The first-order valence-electron chi connectivity index (χ1n) is 17.1. The molecule has 0 aliphatic heterocycles. The van der Waals surface area contributed by atoms with Crippen molar-refractivity contribution in [2.45, 2.75) is 136 Å². The molecule has 39 heavy (non-hydrogen) atoms. The molecule has 1 unspecified atom stereocenters. The summed E-state index contributed by atoms with van der Waals surface area (Å²) in [5.41, 5.74) is 6.33. The fourth-order valence-electron chi connectivity index (χ4n) is 10.6. The van der Waals surface area contributed by atoms with Crippen molar-refractivity contribution in [3.63, 3.8) is 0 Å². The number of hydrogen-bond donors (Lipinski definition) is 5. The normalized spacial score (nSPS) is 40.2. The second-order valence-corrected chi connectivity index (χ2v) is 15.6. The number of nitrogens with one attached hydrogen (secondary N) is 2. The van der Waals surface area contributed by atoms with Crippen LogP contribution in [0.4, 0.5) is 0 Å². The minimum absolute atomic E-state index is 0.224. The maximum absolute atomic E-state index is 10.8. The van der Waals surface area contributed by atoms with Gasteiger partial charge in [-0.2, -0.15) is 0 Å². The standard InChI is InChI=1S/C34H65N3O2/c1-24(2)10-8-11-25(3)27-12-13-28-26-22-31(37-21-7-6-19-36-20-9-18-35)30-23-34(38,39)17-16-33(30,5)29(26)14-15-32(27,28)4/h24-31,36-39H,6-23,35H2,1-5H3/t25-,26+,27-,28+,29+,30?,31-,32-,33-/m1/s1. The van der Waals surface area contributed by atoms with Crippen molar-refractivity contribution in [3.8, 4) is 0 Å². The van der Waals surface area contributed by atoms with Crippen LogP contribution in [0, 0.1) is 52.3 Å². The van der Waals surface area contributed by atoms with Crippen LogP contribution in [0.1, 0.15) is 125 Å². The van der Waals surface area contributed by atoms with E-state index in [1.807, 2.05) is 0 Å². The fraction of sp³-hybridized carbons (Fsp3) is 1.00. The maximum Gasteiger partial charge on any atom is 0.162 e. The molecule has 4 rings (SSSR count). The summed E-state index contributed by atoms with van der Waals surface area (Å²) in [6, 6.07) is 0.408. The van der Waals surface area contributed by atoms with Gasteiger partial charge in [0.25, 0.3) is 0 Å². The van der Waals surface area contributed by atoms with Crippen molar-refractivity contribution in [1.29, 1.82) is 0 Å². The molecule has 6 N–H and O–H groups in total. The molecule has 4 aliphatic rings. The van der Waals surface area contributed by atoms with Gasteiger partial charge in [0.05, 0.1) is 0 Å². The molecule has 0 saturated heterocycles. The molecule has 0 aromatic carbocycles. The Bertz CT molecular complexity index is 759. The Morgan fingerprint density at radius 2 is 1.51 bits per heavy atom. The van der Waals surface area contributed by atoms with E-state index >= 15 is 0 Å². The average molecular weight is 548 g/mol. The molecule has 228 valence electrons. The highest BCUT2D eigenvalue weighted by molar-refractivity contribution is 5.13. The minimum atomic E-state index is -1.49. The first kappa shape index (κ1) is 31.7. The highest BCUT2D eigenvalue weighted by Gasteiger charge is 2.63. The van der Waals surface area contributed by atoms with Crippen LogP contribution in [-0.2, 0) is 0 Å². The third kappa shape index (κ3) is 7.07. The van der Waals surface area contributed by atoms with Crippen molar-refractivity contribution >= 4 is 0 Å². The predicted molar refractivity (Wildman–Crippen MR) is 163 cm³/mol. The van der Waals surface area contributed by atoms with E-state index in [2.05, 4.69) is 45.3 Å². The van der Waals surface area contributed by atoms with Gasteiger partial charge in [0.2, 0.25) is 0 Å².